The summed E-state index contributed by atoms with van der Waals surface area (Å²) in [5.41, 5.74) is -0.502. The van der Waals surface area contributed by atoms with Crippen LogP contribution in [0, 0.1) is 0 Å². The van der Waals surface area contributed by atoms with Crippen molar-refractivity contribution in [3.63, 3.8) is 0 Å². The molecule has 0 aromatic heterocycles. The number of nitrogens with one attached hydrogen (secondary N) is 1. The first-order valence-electron chi connectivity index (χ1n) is 6.34. The van der Waals surface area contributed by atoms with Crippen LogP contribution < -0.4 is 5.32 Å². The summed E-state index contributed by atoms with van der Waals surface area (Å²) in [7, 11) is 2.15. The summed E-state index contributed by atoms with van der Waals surface area (Å²) in [5, 5.41) is 22.0. The number of piperidine rings is 1. The molecule has 0 radical (unpaired) electrons. The summed E-state index contributed by atoms with van der Waals surface area (Å²) < 4.78 is 0. The molecule has 1 fully saturated rings. The highest BCUT2D eigenvalue weighted by Gasteiger charge is 2.28. The molecular formula is C12H26N2O2. The van der Waals surface area contributed by atoms with Gasteiger partial charge in [0.05, 0.1) is 18.8 Å². The normalized spacial score (nSPS) is 23.6. The van der Waals surface area contributed by atoms with Gasteiger partial charge >= 0.3 is 0 Å². The molecule has 1 unspecified atom stereocenters. The molecule has 0 aromatic carbocycles. The topological polar surface area (TPSA) is 55.7 Å². The van der Waals surface area contributed by atoms with Crippen molar-refractivity contribution in [1.82, 2.24) is 10.2 Å². The Morgan fingerprint density at radius 3 is 2.50 bits per heavy atom. The predicted octanol–water partition coefficient (Wildman–Crippen LogP) is 0.194. The fourth-order valence-electron chi connectivity index (χ4n) is 2.25. The highest BCUT2D eigenvalue weighted by molar-refractivity contribution is 4.88. The Labute approximate surface area is 98.6 Å². The van der Waals surface area contributed by atoms with E-state index in [9.17, 15) is 10.2 Å². The van der Waals surface area contributed by atoms with Gasteiger partial charge in [-0.15, -0.1) is 0 Å². The molecule has 1 saturated heterocycles. The third kappa shape index (κ3) is 3.42. The van der Waals surface area contributed by atoms with Crippen LogP contribution in [0.5, 0.6) is 0 Å². The zero-order chi connectivity index (χ0) is 12.0. The van der Waals surface area contributed by atoms with Crippen molar-refractivity contribution < 1.29 is 10.2 Å². The smallest absolute Gasteiger partial charge is 0.0646 e. The molecule has 0 saturated carbocycles. The minimum absolute atomic E-state index is 0.00354. The molecule has 4 nitrogen and oxygen atoms in total. The highest BCUT2D eigenvalue weighted by Crippen LogP contribution is 2.16. The number of hydrogen-bond acceptors (Lipinski definition) is 4. The summed E-state index contributed by atoms with van der Waals surface area (Å²) >= 11 is 0. The molecule has 0 amide bonds. The van der Waals surface area contributed by atoms with Gasteiger partial charge in [0.1, 0.15) is 0 Å². The second-order valence-electron chi connectivity index (χ2n) is 4.96. The third-order valence-electron chi connectivity index (χ3n) is 3.92. The standard InChI is InChI=1S/C12H26N2O2/c1-3-12(9-15,10-16)13-8-11-6-4-5-7-14(11)2/h11,13,15-16H,3-10H2,1-2H3. The number of likely N-dealkylation sites (N-methyl/N-ethyl adjacent to an activating group) is 1. The summed E-state index contributed by atoms with van der Waals surface area (Å²) in [6.45, 7) is 3.99. The van der Waals surface area contributed by atoms with Crippen LogP contribution in [0.3, 0.4) is 0 Å². The van der Waals surface area contributed by atoms with Crippen molar-refractivity contribution in [3.8, 4) is 0 Å². The van der Waals surface area contributed by atoms with E-state index in [2.05, 4.69) is 17.3 Å². The fourth-order valence-corrected chi connectivity index (χ4v) is 2.25. The molecule has 0 bridgehead atoms. The van der Waals surface area contributed by atoms with Gasteiger partial charge in [0.25, 0.3) is 0 Å². The van der Waals surface area contributed by atoms with Gasteiger partial charge in [-0.25, -0.2) is 0 Å². The summed E-state index contributed by atoms with van der Waals surface area (Å²) in [6, 6.07) is 0.540. The van der Waals surface area contributed by atoms with Crippen molar-refractivity contribution in [1.29, 1.82) is 0 Å². The molecule has 96 valence electrons. The van der Waals surface area contributed by atoms with E-state index in [4.69, 9.17) is 0 Å². The molecule has 1 aliphatic rings. The van der Waals surface area contributed by atoms with E-state index in [1.165, 1.54) is 19.3 Å². The Bertz CT molecular complexity index is 187. The molecule has 0 aromatic rings. The predicted molar refractivity (Wildman–Crippen MR) is 65.5 cm³/mol. The third-order valence-corrected chi connectivity index (χ3v) is 3.92. The summed E-state index contributed by atoms with van der Waals surface area (Å²) in [6.07, 6.45) is 4.52. The van der Waals surface area contributed by atoms with E-state index in [0.717, 1.165) is 19.5 Å². The second-order valence-corrected chi connectivity index (χ2v) is 4.96. The fraction of sp³-hybridized carbons (Fsp3) is 1.00. The second kappa shape index (κ2) is 6.55. The van der Waals surface area contributed by atoms with Gasteiger partial charge in [0, 0.05) is 12.6 Å². The van der Waals surface area contributed by atoms with Crippen molar-refractivity contribution >= 4 is 0 Å². The van der Waals surface area contributed by atoms with Crippen molar-refractivity contribution in [2.75, 3.05) is 33.4 Å². The quantitative estimate of drug-likeness (QED) is 0.610. The molecule has 1 aliphatic heterocycles. The van der Waals surface area contributed by atoms with Crippen LogP contribution in [-0.4, -0.2) is 60.0 Å². The monoisotopic (exact) mass is 230 g/mol. The molecule has 1 rings (SSSR count). The number of rotatable bonds is 6. The Morgan fingerprint density at radius 1 is 1.31 bits per heavy atom. The number of nitrogens with zero attached hydrogens (tertiary/aromatic N) is 1. The van der Waals surface area contributed by atoms with Gasteiger partial charge in [0.2, 0.25) is 0 Å². The lowest BCUT2D eigenvalue weighted by molar-refractivity contribution is 0.0752. The maximum atomic E-state index is 9.34. The first-order chi connectivity index (χ1) is 7.67. The van der Waals surface area contributed by atoms with Crippen LogP contribution in [0.15, 0.2) is 0 Å². The number of aliphatic hydroxyl groups is 2. The largest absolute Gasteiger partial charge is 0.394 e. The van der Waals surface area contributed by atoms with E-state index in [1.807, 2.05) is 6.92 Å². The van der Waals surface area contributed by atoms with Crippen LogP contribution in [-0.2, 0) is 0 Å². The number of aliphatic hydroxyl groups excluding tert-OH is 2. The van der Waals surface area contributed by atoms with Gasteiger partial charge < -0.3 is 20.4 Å². The Morgan fingerprint density at radius 2 is 2.00 bits per heavy atom. The van der Waals surface area contributed by atoms with Gasteiger partial charge in [-0.2, -0.15) is 0 Å². The molecule has 0 aliphatic carbocycles. The average Bonchev–Trinajstić information content (AvgIpc) is 2.34. The van der Waals surface area contributed by atoms with Gasteiger partial charge in [-0.3, -0.25) is 0 Å². The molecular weight excluding hydrogens is 204 g/mol. The lowest BCUT2D eigenvalue weighted by Crippen LogP contribution is -2.55. The van der Waals surface area contributed by atoms with Crippen molar-refractivity contribution in [3.05, 3.63) is 0 Å². The van der Waals surface area contributed by atoms with E-state index in [0.29, 0.717) is 6.04 Å². The van der Waals surface area contributed by atoms with Crippen LogP contribution in [0.4, 0.5) is 0 Å². The van der Waals surface area contributed by atoms with E-state index >= 15 is 0 Å². The molecule has 16 heavy (non-hydrogen) atoms. The molecule has 1 heterocycles. The first kappa shape index (κ1) is 13.9. The van der Waals surface area contributed by atoms with E-state index in [1.54, 1.807) is 0 Å². The van der Waals surface area contributed by atoms with Gasteiger partial charge in [0.15, 0.2) is 0 Å². The lowest BCUT2D eigenvalue weighted by Gasteiger charge is -2.37. The summed E-state index contributed by atoms with van der Waals surface area (Å²) in [4.78, 5) is 2.37. The zero-order valence-corrected chi connectivity index (χ0v) is 10.6. The maximum absolute atomic E-state index is 9.34. The van der Waals surface area contributed by atoms with Gasteiger partial charge in [-0.05, 0) is 32.9 Å². The first-order valence-corrected chi connectivity index (χ1v) is 6.34. The Hall–Kier alpha value is -0.160. The maximum Gasteiger partial charge on any atom is 0.0646 e. The molecule has 1 atom stereocenters. The number of likely N-dealkylation sites (tertiary alicyclic amines) is 1. The van der Waals surface area contributed by atoms with Crippen LogP contribution in [0.2, 0.25) is 0 Å². The lowest BCUT2D eigenvalue weighted by atomic mass is 9.96. The van der Waals surface area contributed by atoms with E-state index < -0.39 is 5.54 Å². The molecule has 4 heteroatoms. The minimum Gasteiger partial charge on any atom is -0.394 e. The molecule has 3 N–H and O–H groups in total. The number of hydrogen-bond donors (Lipinski definition) is 3. The Kier molecular flexibility index (Phi) is 5.69. The van der Waals surface area contributed by atoms with Crippen molar-refractivity contribution in [2.45, 2.75) is 44.2 Å². The average molecular weight is 230 g/mol. The van der Waals surface area contributed by atoms with E-state index in [-0.39, 0.29) is 13.2 Å². The van der Waals surface area contributed by atoms with Crippen LogP contribution >= 0.6 is 0 Å². The SMILES string of the molecule is CCC(CO)(CO)NCC1CCCCN1C. The van der Waals surface area contributed by atoms with Crippen molar-refractivity contribution in [2.24, 2.45) is 0 Å². The molecule has 0 spiro atoms. The van der Waals surface area contributed by atoms with Crippen LogP contribution in [0.1, 0.15) is 32.6 Å². The van der Waals surface area contributed by atoms with Gasteiger partial charge in [-0.1, -0.05) is 13.3 Å². The minimum atomic E-state index is -0.502. The summed E-state index contributed by atoms with van der Waals surface area (Å²) in [5.74, 6) is 0. The zero-order valence-electron chi connectivity index (χ0n) is 10.6. The Balaban J connectivity index is 2.41. The highest BCUT2D eigenvalue weighted by atomic mass is 16.3. The van der Waals surface area contributed by atoms with Crippen LogP contribution in [0.25, 0.3) is 0 Å².